The molecule has 3 rings (SSSR count). The SMILES string of the molecule is CN(C)S(=O)(=O)N(CC(=O)N[C@@H]1C[C@H]2CC[C@H]1C2)c1ccc(F)cc1. The molecule has 0 heterocycles. The van der Waals surface area contributed by atoms with Crippen LogP contribution in [0.1, 0.15) is 25.7 Å². The highest BCUT2D eigenvalue weighted by Gasteiger charge is 2.40. The van der Waals surface area contributed by atoms with Crippen LogP contribution in [0.25, 0.3) is 0 Å². The molecule has 1 aromatic rings. The second kappa shape index (κ2) is 6.92. The van der Waals surface area contributed by atoms with Crippen molar-refractivity contribution < 1.29 is 17.6 Å². The van der Waals surface area contributed by atoms with Gasteiger partial charge in [0.25, 0.3) is 0 Å². The predicted molar refractivity (Wildman–Crippen MR) is 93.7 cm³/mol. The van der Waals surface area contributed by atoms with Gasteiger partial charge < -0.3 is 5.32 Å². The van der Waals surface area contributed by atoms with E-state index in [1.165, 1.54) is 44.8 Å². The Balaban J connectivity index is 1.75. The predicted octanol–water partition coefficient (Wildman–Crippen LogP) is 1.74. The quantitative estimate of drug-likeness (QED) is 0.830. The average Bonchev–Trinajstić information content (AvgIpc) is 3.16. The van der Waals surface area contributed by atoms with Gasteiger partial charge in [-0.3, -0.25) is 4.79 Å². The number of nitrogens with one attached hydrogen (secondary N) is 1. The Morgan fingerprint density at radius 3 is 2.40 bits per heavy atom. The summed E-state index contributed by atoms with van der Waals surface area (Å²) < 4.78 is 40.4. The third-order valence-electron chi connectivity index (χ3n) is 5.23. The number of rotatable bonds is 6. The molecule has 0 aromatic heterocycles. The van der Waals surface area contributed by atoms with Gasteiger partial charge in [-0.25, -0.2) is 8.70 Å². The van der Waals surface area contributed by atoms with E-state index in [2.05, 4.69) is 5.32 Å². The summed E-state index contributed by atoms with van der Waals surface area (Å²) in [7, 11) is -1.06. The number of benzene rings is 1. The van der Waals surface area contributed by atoms with E-state index in [-0.39, 0.29) is 24.2 Å². The molecule has 2 aliphatic rings. The first-order chi connectivity index (χ1) is 11.8. The number of carbonyl (C=O) groups excluding carboxylic acids is 1. The molecule has 138 valence electrons. The summed E-state index contributed by atoms with van der Waals surface area (Å²) in [6.45, 7) is -0.319. The van der Waals surface area contributed by atoms with Crippen LogP contribution < -0.4 is 9.62 Å². The maximum absolute atomic E-state index is 13.2. The van der Waals surface area contributed by atoms with Gasteiger partial charge >= 0.3 is 10.2 Å². The van der Waals surface area contributed by atoms with Gasteiger partial charge in [-0.1, -0.05) is 6.42 Å². The first kappa shape index (κ1) is 18.1. The summed E-state index contributed by atoms with van der Waals surface area (Å²) in [5.74, 6) is 0.414. The topological polar surface area (TPSA) is 69.7 Å². The normalized spacial score (nSPS) is 25.4. The highest BCUT2D eigenvalue weighted by molar-refractivity contribution is 7.90. The molecule has 1 aromatic carbocycles. The van der Waals surface area contributed by atoms with Gasteiger partial charge in [-0.05, 0) is 55.4 Å². The van der Waals surface area contributed by atoms with E-state index < -0.39 is 16.0 Å². The second-order valence-corrected chi connectivity index (χ2v) is 9.19. The van der Waals surface area contributed by atoms with Gasteiger partial charge in [0.15, 0.2) is 0 Å². The van der Waals surface area contributed by atoms with Crippen molar-refractivity contribution in [2.24, 2.45) is 11.8 Å². The number of carbonyl (C=O) groups is 1. The first-order valence-corrected chi connectivity index (χ1v) is 9.92. The van der Waals surface area contributed by atoms with Crippen LogP contribution in [0.15, 0.2) is 24.3 Å². The smallest absolute Gasteiger partial charge is 0.304 e. The van der Waals surface area contributed by atoms with Gasteiger partial charge in [0.05, 0.1) is 5.69 Å². The lowest BCUT2D eigenvalue weighted by atomic mass is 9.95. The van der Waals surface area contributed by atoms with Crippen LogP contribution in [0.2, 0.25) is 0 Å². The molecule has 2 aliphatic carbocycles. The Morgan fingerprint density at radius 1 is 1.20 bits per heavy atom. The van der Waals surface area contributed by atoms with Gasteiger partial charge in [-0.2, -0.15) is 12.7 Å². The molecule has 0 unspecified atom stereocenters. The fourth-order valence-electron chi connectivity index (χ4n) is 3.91. The van der Waals surface area contributed by atoms with Gasteiger partial charge in [0.2, 0.25) is 5.91 Å². The fraction of sp³-hybridized carbons (Fsp3) is 0.588. The van der Waals surface area contributed by atoms with E-state index >= 15 is 0 Å². The molecule has 0 spiro atoms. The summed E-state index contributed by atoms with van der Waals surface area (Å²) in [6, 6.07) is 5.23. The monoisotopic (exact) mass is 369 g/mol. The van der Waals surface area contributed by atoms with Crippen molar-refractivity contribution in [3.63, 3.8) is 0 Å². The van der Waals surface area contributed by atoms with Crippen LogP contribution in [0.4, 0.5) is 10.1 Å². The molecule has 2 bridgehead atoms. The molecule has 3 atom stereocenters. The van der Waals surface area contributed by atoms with Crippen molar-refractivity contribution in [1.29, 1.82) is 0 Å². The van der Waals surface area contributed by atoms with Crippen molar-refractivity contribution >= 4 is 21.8 Å². The van der Waals surface area contributed by atoms with E-state index in [4.69, 9.17) is 0 Å². The minimum absolute atomic E-state index is 0.142. The second-order valence-electron chi connectivity index (χ2n) is 7.12. The molecule has 8 heteroatoms. The van der Waals surface area contributed by atoms with Crippen LogP contribution in [-0.2, 0) is 15.0 Å². The number of nitrogens with zero attached hydrogens (tertiary/aromatic N) is 2. The van der Waals surface area contributed by atoms with E-state index in [1.807, 2.05) is 0 Å². The van der Waals surface area contributed by atoms with Gasteiger partial charge in [0, 0.05) is 20.1 Å². The number of hydrogen-bond acceptors (Lipinski definition) is 3. The number of fused-ring (bicyclic) bond motifs is 2. The Kier molecular flexibility index (Phi) is 5.02. The van der Waals surface area contributed by atoms with Crippen molar-refractivity contribution in [3.8, 4) is 0 Å². The van der Waals surface area contributed by atoms with Gasteiger partial charge in [0.1, 0.15) is 12.4 Å². The third kappa shape index (κ3) is 3.79. The van der Waals surface area contributed by atoms with Gasteiger partial charge in [-0.15, -0.1) is 0 Å². The highest BCUT2D eigenvalue weighted by atomic mass is 32.2. The van der Waals surface area contributed by atoms with Crippen LogP contribution in [-0.4, -0.2) is 45.3 Å². The van der Waals surface area contributed by atoms with E-state index in [0.717, 1.165) is 27.9 Å². The molecule has 2 saturated carbocycles. The summed E-state index contributed by atoms with van der Waals surface area (Å²) in [4.78, 5) is 12.5. The average molecular weight is 369 g/mol. The Morgan fingerprint density at radius 2 is 1.88 bits per heavy atom. The zero-order chi connectivity index (χ0) is 18.2. The number of amides is 1. The van der Waals surface area contributed by atoms with E-state index in [0.29, 0.717) is 11.8 Å². The zero-order valence-electron chi connectivity index (χ0n) is 14.5. The first-order valence-electron chi connectivity index (χ1n) is 8.52. The van der Waals surface area contributed by atoms with Crippen molar-refractivity contribution in [2.45, 2.75) is 31.7 Å². The third-order valence-corrected chi connectivity index (χ3v) is 7.05. The number of halogens is 1. The lowest BCUT2D eigenvalue weighted by Crippen LogP contribution is -2.48. The molecule has 0 aliphatic heterocycles. The number of hydrogen-bond donors (Lipinski definition) is 1. The lowest BCUT2D eigenvalue weighted by Gasteiger charge is -2.28. The highest BCUT2D eigenvalue weighted by Crippen LogP contribution is 2.44. The lowest BCUT2D eigenvalue weighted by molar-refractivity contribution is -0.120. The molecule has 25 heavy (non-hydrogen) atoms. The summed E-state index contributed by atoms with van der Waals surface area (Å²) in [5, 5.41) is 3.00. The van der Waals surface area contributed by atoms with Crippen LogP contribution in [0.5, 0.6) is 0 Å². The van der Waals surface area contributed by atoms with Crippen LogP contribution >= 0.6 is 0 Å². The van der Waals surface area contributed by atoms with E-state index in [9.17, 15) is 17.6 Å². The molecule has 6 nitrogen and oxygen atoms in total. The van der Waals surface area contributed by atoms with Crippen molar-refractivity contribution in [2.75, 3.05) is 24.9 Å². The maximum Gasteiger partial charge on any atom is 0.304 e. The van der Waals surface area contributed by atoms with Crippen molar-refractivity contribution in [1.82, 2.24) is 9.62 Å². The molecule has 2 fully saturated rings. The largest absolute Gasteiger partial charge is 0.352 e. The standard InChI is InChI=1S/C17H24FN3O3S/c1-20(2)25(23,24)21(15-7-5-14(18)6-8-15)11-17(22)19-16-10-12-3-4-13(16)9-12/h5-8,12-13,16H,3-4,9-11H2,1-2H3,(H,19,22)/t12-,13-,16+/m0/s1. The van der Waals surface area contributed by atoms with Crippen LogP contribution in [0, 0.1) is 17.7 Å². The zero-order valence-corrected chi connectivity index (χ0v) is 15.3. The Hall–Kier alpha value is -1.67. The van der Waals surface area contributed by atoms with Crippen LogP contribution in [0.3, 0.4) is 0 Å². The molecule has 1 amide bonds. The molecule has 1 N–H and O–H groups in total. The molecule has 0 radical (unpaired) electrons. The minimum Gasteiger partial charge on any atom is -0.352 e. The fourth-order valence-corrected chi connectivity index (χ4v) is 4.98. The van der Waals surface area contributed by atoms with Crippen molar-refractivity contribution in [3.05, 3.63) is 30.1 Å². The molecular weight excluding hydrogens is 345 g/mol. The van der Waals surface area contributed by atoms with E-state index in [1.54, 1.807) is 0 Å². The Bertz CT molecular complexity index is 736. The Labute approximate surface area is 148 Å². The summed E-state index contributed by atoms with van der Waals surface area (Å²) in [5.41, 5.74) is 0.262. The molecule has 0 saturated heterocycles. The summed E-state index contributed by atoms with van der Waals surface area (Å²) in [6.07, 6.45) is 4.50. The molecular formula is C17H24FN3O3S. The minimum atomic E-state index is -3.86. The summed E-state index contributed by atoms with van der Waals surface area (Å²) >= 11 is 0. The number of anilines is 1. The maximum atomic E-state index is 13.2.